The molecule has 0 bridgehead atoms. The van der Waals surface area contributed by atoms with E-state index in [9.17, 15) is 18.0 Å². The minimum absolute atomic E-state index is 0.221. The summed E-state index contributed by atoms with van der Waals surface area (Å²) in [7, 11) is 0. The molecule has 30 heavy (non-hydrogen) atoms. The predicted octanol–water partition coefficient (Wildman–Crippen LogP) is 4.60. The first-order valence-electron chi connectivity index (χ1n) is 8.82. The molecule has 1 N–H and O–H groups in total. The Morgan fingerprint density at radius 1 is 0.967 bits per heavy atom. The van der Waals surface area contributed by atoms with E-state index in [1.807, 2.05) is 0 Å². The SMILES string of the molecule is O=C(Nc1ccc(-n2nc(C(F)(F)F)cc2-c2cccnc2)cn1)c1ccccc1. The first-order valence-corrected chi connectivity index (χ1v) is 8.82. The van der Waals surface area contributed by atoms with E-state index >= 15 is 0 Å². The lowest BCUT2D eigenvalue weighted by Gasteiger charge is -2.09. The van der Waals surface area contributed by atoms with Crippen LogP contribution in [-0.2, 0) is 6.18 Å². The number of alkyl halides is 3. The molecule has 1 aromatic carbocycles. The van der Waals surface area contributed by atoms with Gasteiger partial charge in [0.1, 0.15) is 5.82 Å². The molecule has 0 aliphatic heterocycles. The van der Waals surface area contributed by atoms with Gasteiger partial charge in [-0.1, -0.05) is 18.2 Å². The fraction of sp³-hybridized carbons (Fsp3) is 0.0476. The lowest BCUT2D eigenvalue weighted by atomic mass is 10.2. The number of hydrogen-bond acceptors (Lipinski definition) is 4. The van der Waals surface area contributed by atoms with E-state index in [0.29, 0.717) is 16.8 Å². The highest BCUT2D eigenvalue weighted by atomic mass is 19.4. The van der Waals surface area contributed by atoms with Crippen LogP contribution in [0.15, 0.2) is 79.3 Å². The van der Waals surface area contributed by atoms with Crippen LogP contribution >= 0.6 is 0 Å². The molecule has 0 saturated heterocycles. The molecule has 0 aliphatic carbocycles. The van der Waals surface area contributed by atoms with Crippen molar-refractivity contribution < 1.29 is 18.0 Å². The van der Waals surface area contributed by atoms with E-state index in [-0.39, 0.29) is 17.4 Å². The third-order valence-electron chi connectivity index (χ3n) is 4.23. The Morgan fingerprint density at radius 3 is 2.40 bits per heavy atom. The van der Waals surface area contributed by atoms with Gasteiger partial charge < -0.3 is 5.32 Å². The second-order valence-electron chi connectivity index (χ2n) is 6.29. The Bertz CT molecular complexity index is 1160. The molecule has 6 nitrogen and oxygen atoms in total. The molecule has 0 unspecified atom stereocenters. The predicted molar refractivity (Wildman–Crippen MR) is 104 cm³/mol. The number of nitrogens with one attached hydrogen (secondary N) is 1. The van der Waals surface area contributed by atoms with Crippen LogP contribution in [0.1, 0.15) is 16.1 Å². The number of hydrogen-bond donors (Lipinski definition) is 1. The summed E-state index contributed by atoms with van der Waals surface area (Å²) in [6.07, 6.45) is -0.275. The topological polar surface area (TPSA) is 72.7 Å². The Kier molecular flexibility index (Phi) is 5.01. The average molecular weight is 409 g/mol. The molecular formula is C21H14F3N5O. The molecule has 0 saturated carbocycles. The number of amides is 1. The van der Waals surface area contributed by atoms with Crippen molar-refractivity contribution in [2.75, 3.05) is 5.32 Å². The summed E-state index contributed by atoms with van der Waals surface area (Å²) in [5.74, 6) is -0.0796. The highest BCUT2D eigenvalue weighted by Crippen LogP contribution is 2.33. The van der Waals surface area contributed by atoms with E-state index in [1.165, 1.54) is 30.7 Å². The van der Waals surface area contributed by atoms with Gasteiger partial charge in [0.05, 0.1) is 17.6 Å². The van der Waals surface area contributed by atoms with Gasteiger partial charge >= 0.3 is 6.18 Å². The summed E-state index contributed by atoms with van der Waals surface area (Å²) >= 11 is 0. The largest absolute Gasteiger partial charge is 0.435 e. The normalized spacial score (nSPS) is 11.3. The Balaban J connectivity index is 1.65. The van der Waals surface area contributed by atoms with Crippen molar-refractivity contribution in [2.45, 2.75) is 6.18 Å². The number of carbonyl (C=O) groups excluding carboxylic acids is 1. The molecule has 0 fully saturated rings. The number of halogens is 3. The summed E-state index contributed by atoms with van der Waals surface area (Å²) in [6.45, 7) is 0. The van der Waals surface area contributed by atoms with Gasteiger partial charge in [0.25, 0.3) is 5.91 Å². The van der Waals surface area contributed by atoms with Crippen molar-refractivity contribution in [3.05, 3.63) is 90.5 Å². The van der Waals surface area contributed by atoms with Crippen LogP contribution in [-0.4, -0.2) is 25.7 Å². The van der Waals surface area contributed by atoms with Gasteiger partial charge in [0.2, 0.25) is 0 Å². The molecule has 9 heteroatoms. The summed E-state index contributed by atoms with van der Waals surface area (Å²) in [5, 5.41) is 6.35. The molecule has 4 aromatic rings. The molecule has 150 valence electrons. The van der Waals surface area contributed by atoms with E-state index in [0.717, 1.165) is 10.7 Å². The van der Waals surface area contributed by atoms with Crippen LogP contribution < -0.4 is 5.32 Å². The van der Waals surface area contributed by atoms with Gasteiger partial charge in [-0.3, -0.25) is 9.78 Å². The molecule has 3 aromatic heterocycles. The minimum atomic E-state index is -4.60. The van der Waals surface area contributed by atoms with Crippen LogP contribution in [0.25, 0.3) is 16.9 Å². The number of carbonyl (C=O) groups is 1. The molecular weight excluding hydrogens is 395 g/mol. The fourth-order valence-corrected chi connectivity index (χ4v) is 2.80. The zero-order chi connectivity index (χ0) is 21.1. The zero-order valence-corrected chi connectivity index (χ0v) is 15.3. The first kappa shape index (κ1) is 19.3. The van der Waals surface area contributed by atoms with Gasteiger partial charge in [-0.15, -0.1) is 0 Å². The van der Waals surface area contributed by atoms with Gasteiger partial charge in [0, 0.05) is 23.5 Å². The van der Waals surface area contributed by atoms with E-state index < -0.39 is 11.9 Å². The Morgan fingerprint density at radius 2 is 1.77 bits per heavy atom. The van der Waals surface area contributed by atoms with Crippen LogP contribution in [0.5, 0.6) is 0 Å². The molecule has 0 atom stereocenters. The van der Waals surface area contributed by atoms with Crippen LogP contribution in [0, 0.1) is 0 Å². The monoisotopic (exact) mass is 409 g/mol. The van der Waals surface area contributed by atoms with Crippen molar-refractivity contribution in [1.29, 1.82) is 0 Å². The van der Waals surface area contributed by atoms with Crippen LogP contribution in [0.3, 0.4) is 0 Å². The third kappa shape index (κ3) is 4.04. The standard InChI is InChI=1S/C21H14F3N5O/c22-21(23,24)18-11-17(15-7-4-10-25-12-15)29(28-18)16-8-9-19(26-13-16)27-20(30)14-5-2-1-3-6-14/h1-13H,(H,26,27,30). The Labute approximate surface area is 169 Å². The highest BCUT2D eigenvalue weighted by Gasteiger charge is 2.35. The quantitative estimate of drug-likeness (QED) is 0.535. The lowest BCUT2D eigenvalue weighted by Crippen LogP contribution is -2.13. The summed E-state index contributed by atoms with van der Waals surface area (Å²) < 4.78 is 40.8. The van der Waals surface area contributed by atoms with Crippen molar-refractivity contribution >= 4 is 11.7 Å². The number of anilines is 1. The lowest BCUT2D eigenvalue weighted by molar-refractivity contribution is -0.141. The molecule has 1 amide bonds. The van der Waals surface area contributed by atoms with Crippen molar-refractivity contribution in [3.8, 4) is 16.9 Å². The van der Waals surface area contributed by atoms with E-state index in [1.54, 1.807) is 42.5 Å². The van der Waals surface area contributed by atoms with Gasteiger partial charge in [-0.2, -0.15) is 18.3 Å². The molecule has 0 aliphatic rings. The van der Waals surface area contributed by atoms with Gasteiger partial charge in [-0.05, 0) is 42.5 Å². The second kappa shape index (κ2) is 7.78. The van der Waals surface area contributed by atoms with Gasteiger partial charge in [-0.25, -0.2) is 9.67 Å². The summed E-state index contributed by atoms with van der Waals surface area (Å²) in [4.78, 5) is 20.3. The molecule has 4 rings (SSSR count). The number of benzene rings is 1. The van der Waals surface area contributed by atoms with Crippen molar-refractivity contribution in [1.82, 2.24) is 19.7 Å². The first-order chi connectivity index (χ1) is 14.4. The zero-order valence-electron chi connectivity index (χ0n) is 15.3. The maximum atomic E-state index is 13.2. The molecule has 0 radical (unpaired) electrons. The summed E-state index contributed by atoms with van der Waals surface area (Å²) in [5.41, 5.74) is 0.439. The number of nitrogens with zero attached hydrogens (tertiary/aromatic N) is 4. The van der Waals surface area contributed by atoms with E-state index in [4.69, 9.17) is 0 Å². The smallest absolute Gasteiger partial charge is 0.307 e. The number of aromatic nitrogens is 4. The Hall–Kier alpha value is -4.01. The summed E-state index contributed by atoms with van der Waals surface area (Å²) in [6, 6.07) is 15.8. The maximum Gasteiger partial charge on any atom is 0.435 e. The molecule has 0 spiro atoms. The average Bonchev–Trinajstić information content (AvgIpc) is 3.22. The van der Waals surface area contributed by atoms with E-state index in [2.05, 4.69) is 20.4 Å². The number of pyridine rings is 2. The third-order valence-corrected chi connectivity index (χ3v) is 4.23. The highest BCUT2D eigenvalue weighted by molar-refractivity contribution is 6.03. The van der Waals surface area contributed by atoms with Crippen molar-refractivity contribution in [2.24, 2.45) is 0 Å². The van der Waals surface area contributed by atoms with Crippen LogP contribution in [0.2, 0.25) is 0 Å². The van der Waals surface area contributed by atoms with Gasteiger partial charge in [0.15, 0.2) is 5.69 Å². The fourth-order valence-electron chi connectivity index (χ4n) is 2.80. The van der Waals surface area contributed by atoms with Crippen LogP contribution in [0.4, 0.5) is 19.0 Å². The second-order valence-corrected chi connectivity index (χ2v) is 6.29. The minimum Gasteiger partial charge on any atom is -0.307 e. The van der Waals surface area contributed by atoms with Crippen molar-refractivity contribution in [3.63, 3.8) is 0 Å². The molecule has 3 heterocycles. The maximum absolute atomic E-state index is 13.2. The number of rotatable bonds is 4.